The first-order valence-electron chi connectivity index (χ1n) is 11.3. The minimum Gasteiger partial charge on any atom is -0.465 e. The molecule has 1 atom stereocenters. The highest BCUT2D eigenvalue weighted by molar-refractivity contribution is 5.64. The third kappa shape index (κ3) is 6.29. The van der Waals surface area contributed by atoms with Crippen LogP contribution in [0, 0.1) is 5.82 Å². The summed E-state index contributed by atoms with van der Waals surface area (Å²) in [5, 5.41) is 14.5. The molecule has 9 nitrogen and oxygen atoms in total. The predicted molar refractivity (Wildman–Crippen MR) is 136 cm³/mol. The van der Waals surface area contributed by atoms with Crippen LogP contribution >= 0.6 is 0 Å². The fraction of sp³-hybridized carbons (Fsp3) is 0.192. The van der Waals surface area contributed by atoms with Crippen molar-refractivity contribution in [3.63, 3.8) is 0 Å². The van der Waals surface area contributed by atoms with Gasteiger partial charge in [0, 0.05) is 32.0 Å². The summed E-state index contributed by atoms with van der Waals surface area (Å²) in [6, 6.07) is 17.6. The topological polar surface area (TPSA) is 116 Å². The van der Waals surface area contributed by atoms with Gasteiger partial charge in [-0.25, -0.2) is 24.1 Å². The van der Waals surface area contributed by atoms with Gasteiger partial charge in [-0.3, -0.25) is 0 Å². The summed E-state index contributed by atoms with van der Waals surface area (Å²) in [6.07, 6.45) is 2.89. The highest BCUT2D eigenvalue weighted by Crippen LogP contribution is 2.24. The van der Waals surface area contributed by atoms with Crippen LogP contribution in [0.25, 0.3) is 11.4 Å². The van der Waals surface area contributed by atoms with Gasteiger partial charge in [0.05, 0.1) is 5.56 Å². The van der Waals surface area contributed by atoms with Crippen molar-refractivity contribution in [1.29, 1.82) is 0 Å². The number of carboxylic acid groups (broad SMARTS) is 1. The van der Waals surface area contributed by atoms with Crippen LogP contribution in [0.1, 0.15) is 18.1 Å². The Bertz CT molecular complexity index is 1350. The van der Waals surface area contributed by atoms with Gasteiger partial charge in [-0.05, 0) is 48.7 Å². The maximum atomic E-state index is 14.2. The van der Waals surface area contributed by atoms with E-state index in [1.54, 1.807) is 47.6 Å². The number of amides is 1. The van der Waals surface area contributed by atoms with Crippen LogP contribution in [0.5, 0.6) is 0 Å². The van der Waals surface area contributed by atoms with Crippen molar-refractivity contribution in [2.24, 2.45) is 0 Å². The molecule has 36 heavy (non-hydrogen) atoms. The van der Waals surface area contributed by atoms with Gasteiger partial charge in [0.2, 0.25) is 5.95 Å². The standard InChI is InChI=1S/C26H26FN7O2/c1-17(14-18-6-5-7-19(15-18)16-30-26(35)36)31-25-29-13-11-23(33-25)34(2)22-10-12-28-24(32-22)20-8-3-4-9-21(20)27/h3-13,15,17,30H,14,16H2,1-2H3,(H,35,36)(H,29,31,33)/t17-/m0/s1. The van der Waals surface area contributed by atoms with E-state index in [2.05, 4.69) is 30.6 Å². The van der Waals surface area contributed by atoms with E-state index >= 15 is 0 Å². The van der Waals surface area contributed by atoms with Crippen molar-refractivity contribution >= 4 is 23.7 Å². The summed E-state index contributed by atoms with van der Waals surface area (Å²) in [6.45, 7) is 2.27. The van der Waals surface area contributed by atoms with Crippen LogP contribution in [0.2, 0.25) is 0 Å². The number of rotatable bonds is 9. The van der Waals surface area contributed by atoms with E-state index in [0.29, 0.717) is 35.4 Å². The predicted octanol–water partition coefficient (Wildman–Crippen LogP) is 4.65. The number of anilines is 3. The lowest BCUT2D eigenvalue weighted by atomic mass is 10.0. The Morgan fingerprint density at radius 3 is 2.50 bits per heavy atom. The summed E-state index contributed by atoms with van der Waals surface area (Å²) in [5.41, 5.74) is 2.28. The fourth-order valence-corrected chi connectivity index (χ4v) is 3.70. The molecule has 4 aromatic rings. The van der Waals surface area contributed by atoms with E-state index < -0.39 is 6.09 Å². The highest BCUT2D eigenvalue weighted by Gasteiger charge is 2.13. The molecule has 0 spiro atoms. The molecule has 0 aliphatic carbocycles. The molecule has 2 aromatic carbocycles. The maximum absolute atomic E-state index is 14.2. The summed E-state index contributed by atoms with van der Waals surface area (Å²) < 4.78 is 14.2. The second-order valence-corrected chi connectivity index (χ2v) is 8.24. The number of halogens is 1. The Kier molecular flexibility index (Phi) is 7.64. The minimum absolute atomic E-state index is 0.0138. The molecule has 2 aromatic heterocycles. The Balaban J connectivity index is 1.44. The van der Waals surface area contributed by atoms with Crippen molar-refractivity contribution < 1.29 is 14.3 Å². The number of aromatic nitrogens is 4. The number of hydrogen-bond acceptors (Lipinski definition) is 7. The largest absolute Gasteiger partial charge is 0.465 e. The minimum atomic E-state index is -1.05. The van der Waals surface area contributed by atoms with Crippen LogP contribution in [-0.4, -0.2) is 44.2 Å². The van der Waals surface area contributed by atoms with Crippen LogP contribution in [0.4, 0.5) is 26.8 Å². The number of benzene rings is 2. The SMILES string of the molecule is C[C@@H](Cc1cccc(CNC(=O)O)c1)Nc1nccc(N(C)c2ccnc(-c3ccccc3F)n2)n1. The first kappa shape index (κ1) is 24.5. The van der Waals surface area contributed by atoms with Crippen LogP contribution < -0.4 is 15.5 Å². The Morgan fingerprint density at radius 1 is 1.00 bits per heavy atom. The monoisotopic (exact) mass is 487 g/mol. The normalized spacial score (nSPS) is 11.5. The van der Waals surface area contributed by atoms with Crippen LogP contribution in [0.15, 0.2) is 73.1 Å². The lowest BCUT2D eigenvalue weighted by molar-refractivity contribution is 0.194. The zero-order valence-corrected chi connectivity index (χ0v) is 19.9. The molecule has 184 valence electrons. The molecule has 0 aliphatic rings. The second kappa shape index (κ2) is 11.2. The zero-order chi connectivity index (χ0) is 25.5. The van der Waals surface area contributed by atoms with Crippen LogP contribution in [-0.2, 0) is 13.0 Å². The van der Waals surface area contributed by atoms with E-state index in [1.807, 2.05) is 38.2 Å². The van der Waals surface area contributed by atoms with E-state index in [4.69, 9.17) is 5.11 Å². The summed E-state index contributed by atoms with van der Waals surface area (Å²) in [4.78, 5) is 30.2. The highest BCUT2D eigenvalue weighted by atomic mass is 19.1. The smallest absolute Gasteiger partial charge is 0.404 e. The molecule has 3 N–H and O–H groups in total. The molecule has 10 heteroatoms. The van der Waals surface area contributed by atoms with Crippen molar-refractivity contribution in [1.82, 2.24) is 25.3 Å². The van der Waals surface area contributed by atoms with Gasteiger partial charge in [0.1, 0.15) is 17.5 Å². The molecule has 0 unspecified atom stereocenters. The molecule has 2 heterocycles. The van der Waals surface area contributed by atoms with Crippen molar-refractivity contribution in [2.75, 3.05) is 17.3 Å². The summed E-state index contributed by atoms with van der Waals surface area (Å²) >= 11 is 0. The number of carbonyl (C=O) groups is 1. The van der Waals surface area contributed by atoms with E-state index in [1.165, 1.54) is 6.07 Å². The maximum Gasteiger partial charge on any atom is 0.404 e. The van der Waals surface area contributed by atoms with Crippen molar-refractivity contribution in [3.05, 3.63) is 90.0 Å². The molecule has 0 saturated heterocycles. The van der Waals surface area contributed by atoms with Crippen molar-refractivity contribution in [3.8, 4) is 11.4 Å². The Morgan fingerprint density at radius 2 is 1.72 bits per heavy atom. The van der Waals surface area contributed by atoms with E-state index in [9.17, 15) is 9.18 Å². The molecule has 0 radical (unpaired) electrons. The van der Waals surface area contributed by atoms with E-state index in [-0.39, 0.29) is 18.4 Å². The third-order valence-electron chi connectivity index (χ3n) is 5.44. The Hall–Kier alpha value is -4.60. The molecule has 0 bridgehead atoms. The molecular weight excluding hydrogens is 461 g/mol. The van der Waals surface area contributed by atoms with Gasteiger partial charge in [0.25, 0.3) is 0 Å². The lowest BCUT2D eigenvalue weighted by Gasteiger charge is -2.19. The molecular formula is C26H26FN7O2. The summed E-state index contributed by atoms with van der Waals surface area (Å²) in [5.74, 6) is 1.54. The zero-order valence-electron chi connectivity index (χ0n) is 19.9. The molecule has 0 saturated carbocycles. The van der Waals surface area contributed by atoms with Gasteiger partial charge in [-0.15, -0.1) is 0 Å². The quantitative estimate of drug-likeness (QED) is 0.312. The van der Waals surface area contributed by atoms with Gasteiger partial charge in [-0.1, -0.05) is 36.4 Å². The van der Waals surface area contributed by atoms with Gasteiger partial charge in [0.15, 0.2) is 5.82 Å². The van der Waals surface area contributed by atoms with Gasteiger partial charge in [-0.2, -0.15) is 4.98 Å². The average molecular weight is 488 g/mol. The second-order valence-electron chi connectivity index (χ2n) is 8.24. The van der Waals surface area contributed by atoms with Gasteiger partial charge < -0.3 is 20.6 Å². The molecule has 1 amide bonds. The van der Waals surface area contributed by atoms with Crippen LogP contribution in [0.3, 0.4) is 0 Å². The number of nitrogens with zero attached hydrogens (tertiary/aromatic N) is 5. The van der Waals surface area contributed by atoms with Crippen molar-refractivity contribution in [2.45, 2.75) is 25.9 Å². The summed E-state index contributed by atoms with van der Waals surface area (Å²) in [7, 11) is 1.82. The first-order chi connectivity index (χ1) is 17.4. The van der Waals surface area contributed by atoms with Gasteiger partial charge >= 0.3 is 6.09 Å². The molecule has 0 aliphatic heterocycles. The first-order valence-corrected chi connectivity index (χ1v) is 11.3. The molecule has 0 fully saturated rings. The average Bonchev–Trinajstić information content (AvgIpc) is 2.87. The third-order valence-corrected chi connectivity index (χ3v) is 5.44. The van der Waals surface area contributed by atoms with E-state index in [0.717, 1.165) is 11.1 Å². The molecule has 4 rings (SSSR count). The lowest BCUT2D eigenvalue weighted by Crippen LogP contribution is -2.22. The fourth-order valence-electron chi connectivity index (χ4n) is 3.70. The number of nitrogens with one attached hydrogen (secondary N) is 2. The Labute approximate surface area is 208 Å². The number of hydrogen-bond donors (Lipinski definition) is 3.